The molecule has 2 atom stereocenters. The van der Waals surface area contributed by atoms with Crippen LogP contribution in [0.4, 0.5) is 5.13 Å². The van der Waals surface area contributed by atoms with E-state index in [1.54, 1.807) is 0 Å². The van der Waals surface area contributed by atoms with Crippen molar-refractivity contribution in [1.82, 2.24) is 4.98 Å². The molecule has 122 valence electrons. The molecular weight excluding hydrogens is 316 g/mol. The third-order valence-electron chi connectivity index (χ3n) is 4.05. The molecule has 2 N–H and O–H groups in total. The highest BCUT2D eigenvalue weighted by molar-refractivity contribution is 7.22. The van der Waals surface area contributed by atoms with Crippen LogP contribution in [0.15, 0.2) is 18.2 Å². The molecule has 1 aromatic heterocycles. The fraction of sp³-hybridized carbons (Fsp3) is 0.438. The fourth-order valence-corrected chi connectivity index (χ4v) is 3.76. The van der Waals surface area contributed by atoms with Crippen LogP contribution in [-0.2, 0) is 9.59 Å². The average Bonchev–Trinajstić information content (AvgIpc) is 3.13. The zero-order valence-electron chi connectivity index (χ0n) is 12.7. The highest BCUT2D eigenvalue weighted by Crippen LogP contribution is 2.33. The van der Waals surface area contributed by atoms with Crippen molar-refractivity contribution in [2.24, 2.45) is 11.8 Å². The monoisotopic (exact) mass is 334 g/mol. The highest BCUT2D eigenvalue weighted by atomic mass is 32.1. The molecule has 23 heavy (non-hydrogen) atoms. The number of carbonyl (C=O) groups excluding carboxylic acids is 1. The zero-order valence-corrected chi connectivity index (χ0v) is 13.6. The van der Waals surface area contributed by atoms with Crippen molar-refractivity contribution in [2.45, 2.75) is 26.2 Å². The second-order valence-electron chi connectivity index (χ2n) is 5.62. The number of carbonyl (C=O) groups is 2. The van der Waals surface area contributed by atoms with Crippen LogP contribution in [0.25, 0.3) is 10.2 Å². The molecule has 0 saturated heterocycles. The number of nitrogens with one attached hydrogen (secondary N) is 1. The fourth-order valence-electron chi connectivity index (χ4n) is 2.87. The van der Waals surface area contributed by atoms with Gasteiger partial charge in [0.05, 0.1) is 22.7 Å². The molecule has 0 radical (unpaired) electrons. The van der Waals surface area contributed by atoms with Gasteiger partial charge in [-0.1, -0.05) is 11.3 Å². The smallest absolute Gasteiger partial charge is 0.306 e. The maximum absolute atomic E-state index is 12.3. The summed E-state index contributed by atoms with van der Waals surface area (Å²) in [5.41, 5.74) is 0.809. The number of benzene rings is 1. The number of hydrogen-bond acceptors (Lipinski definition) is 5. The van der Waals surface area contributed by atoms with Gasteiger partial charge in [0.25, 0.3) is 0 Å². The Morgan fingerprint density at radius 3 is 2.87 bits per heavy atom. The van der Waals surface area contributed by atoms with E-state index >= 15 is 0 Å². The first-order valence-electron chi connectivity index (χ1n) is 7.64. The normalized spacial score (nSPS) is 20.6. The lowest BCUT2D eigenvalue weighted by atomic mass is 10.0. The third-order valence-corrected chi connectivity index (χ3v) is 4.99. The maximum atomic E-state index is 12.3. The number of nitrogens with zero attached hydrogens (tertiary/aromatic N) is 1. The van der Waals surface area contributed by atoms with Crippen LogP contribution in [0, 0.1) is 11.8 Å². The summed E-state index contributed by atoms with van der Waals surface area (Å²) in [5, 5.41) is 12.4. The van der Waals surface area contributed by atoms with Crippen molar-refractivity contribution in [3.63, 3.8) is 0 Å². The van der Waals surface area contributed by atoms with Crippen LogP contribution in [0.2, 0.25) is 0 Å². The molecule has 0 bridgehead atoms. The predicted molar refractivity (Wildman–Crippen MR) is 87.9 cm³/mol. The van der Waals surface area contributed by atoms with Crippen LogP contribution in [-0.4, -0.2) is 28.6 Å². The van der Waals surface area contributed by atoms with Gasteiger partial charge in [0.15, 0.2) is 5.13 Å². The van der Waals surface area contributed by atoms with E-state index in [4.69, 9.17) is 9.84 Å². The predicted octanol–water partition coefficient (Wildman–Crippen LogP) is 3.13. The van der Waals surface area contributed by atoms with Crippen LogP contribution < -0.4 is 10.1 Å². The van der Waals surface area contributed by atoms with Crippen LogP contribution in [0.1, 0.15) is 26.2 Å². The number of anilines is 1. The Labute approximate surface area is 137 Å². The Balaban J connectivity index is 1.69. The topological polar surface area (TPSA) is 88.5 Å². The quantitative estimate of drug-likeness (QED) is 0.877. The van der Waals surface area contributed by atoms with E-state index in [0.29, 0.717) is 31.0 Å². The van der Waals surface area contributed by atoms with Gasteiger partial charge in [-0.05, 0) is 44.4 Å². The molecule has 2 unspecified atom stereocenters. The number of aliphatic carboxylic acids is 1. The minimum absolute atomic E-state index is 0.141. The number of ether oxygens (including phenoxy) is 1. The van der Waals surface area contributed by atoms with Crippen molar-refractivity contribution in [1.29, 1.82) is 0 Å². The molecule has 1 heterocycles. The molecule has 1 amide bonds. The molecule has 7 heteroatoms. The molecule has 0 spiro atoms. The van der Waals surface area contributed by atoms with Gasteiger partial charge in [-0.3, -0.25) is 9.59 Å². The third kappa shape index (κ3) is 3.44. The lowest BCUT2D eigenvalue weighted by molar-refractivity contribution is -0.141. The summed E-state index contributed by atoms with van der Waals surface area (Å²) in [6.45, 7) is 2.52. The lowest BCUT2D eigenvalue weighted by Crippen LogP contribution is -2.21. The Bertz CT molecular complexity index is 743. The van der Waals surface area contributed by atoms with E-state index < -0.39 is 11.9 Å². The van der Waals surface area contributed by atoms with Crippen molar-refractivity contribution in [3.8, 4) is 5.75 Å². The first kappa shape index (κ1) is 15.7. The van der Waals surface area contributed by atoms with Gasteiger partial charge in [-0.2, -0.15) is 0 Å². The van der Waals surface area contributed by atoms with Crippen molar-refractivity contribution >= 4 is 38.6 Å². The largest absolute Gasteiger partial charge is 0.494 e. The second-order valence-corrected chi connectivity index (χ2v) is 6.65. The number of hydrogen-bond donors (Lipinski definition) is 2. The van der Waals surface area contributed by atoms with Gasteiger partial charge in [-0.15, -0.1) is 0 Å². The first-order valence-corrected chi connectivity index (χ1v) is 8.45. The summed E-state index contributed by atoms with van der Waals surface area (Å²) in [6, 6.07) is 5.62. The summed E-state index contributed by atoms with van der Waals surface area (Å²) in [4.78, 5) is 27.6. The number of rotatable bonds is 5. The highest BCUT2D eigenvalue weighted by Gasteiger charge is 2.34. The molecule has 1 aliphatic carbocycles. The Morgan fingerprint density at radius 2 is 2.17 bits per heavy atom. The van der Waals surface area contributed by atoms with Gasteiger partial charge < -0.3 is 15.2 Å². The van der Waals surface area contributed by atoms with Crippen LogP contribution in [0.5, 0.6) is 5.75 Å². The van der Waals surface area contributed by atoms with E-state index in [1.807, 2.05) is 25.1 Å². The van der Waals surface area contributed by atoms with Crippen LogP contribution in [0.3, 0.4) is 0 Å². The van der Waals surface area contributed by atoms with Gasteiger partial charge in [0.1, 0.15) is 5.75 Å². The zero-order chi connectivity index (χ0) is 16.4. The van der Waals surface area contributed by atoms with Gasteiger partial charge in [-0.25, -0.2) is 4.98 Å². The summed E-state index contributed by atoms with van der Waals surface area (Å²) < 4.78 is 6.40. The molecule has 1 aromatic carbocycles. The molecule has 1 aliphatic rings. The summed E-state index contributed by atoms with van der Waals surface area (Å²) >= 11 is 1.39. The lowest BCUT2D eigenvalue weighted by Gasteiger charge is -2.08. The van der Waals surface area contributed by atoms with Gasteiger partial charge in [0, 0.05) is 5.92 Å². The van der Waals surface area contributed by atoms with Crippen molar-refractivity contribution in [2.75, 3.05) is 11.9 Å². The van der Waals surface area contributed by atoms with E-state index in [1.165, 1.54) is 11.3 Å². The van der Waals surface area contributed by atoms with Crippen LogP contribution >= 0.6 is 11.3 Å². The summed E-state index contributed by atoms with van der Waals surface area (Å²) in [5.74, 6) is -0.833. The van der Waals surface area contributed by atoms with E-state index in [0.717, 1.165) is 16.0 Å². The molecule has 2 aromatic rings. The molecule has 3 rings (SSSR count). The summed E-state index contributed by atoms with van der Waals surface area (Å²) in [7, 11) is 0. The molecule has 0 aliphatic heterocycles. The number of thiazole rings is 1. The van der Waals surface area contributed by atoms with E-state index in [2.05, 4.69) is 10.3 Å². The van der Waals surface area contributed by atoms with Gasteiger partial charge >= 0.3 is 5.97 Å². The number of aromatic nitrogens is 1. The van der Waals surface area contributed by atoms with E-state index in [9.17, 15) is 9.59 Å². The Hall–Kier alpha value is -2.15. The minimum atomic E-state index is -0.816. The Kier molecular flexibility index (Phi) is 4.47. The maximum Gasteiger partial charge on any atom is 0.306 e. The number of amides is 1. The number of carboxylic acid groups (broad SMARTS) is 1. The Morgan fingerprint density at radius 1 is 1.39 bits per heavy atom. The molecule has 1 saturated carbocycles. The SMILES string of the molecule is CCOc1ccc2nc(NC(=O)C3CCC(C(=O)O)C3)sc2c1. The van der Waals surface area contributed by atoms with E-state index in [-0.39, 0.29) is 11.8 Å². The standard InChI is InChI=1S/C16H18N2O4S/c1-2-22-11-5-6-12-13(8-11)23-16(17-12)18-14(19)9-3-4-10(7-9)15(20)21/h5-6,8-10H,2-4,7H2,1H3,(H,20,21)(H,17,18,19). The summed E-state index contributed by atoms with van der Waals surface area (Å²) in [6.07, 6.45) is 1.58. The minimum Gasteiger partial charge on any atom is -0.494 e. The average molecular weight is 334 g/mol. The molecule has 6 nitrogen and oxygen atoms in total. The van der Waals surface area contributed by atoms with Gasteiger partial charge in [0.2, 0.25) is 5.91 Å². The molecular formula is C16H18N2O4S. The number of carboxylic acids is 1. The van der Waals surface area contributed by atoms with Crippen molar-refractivity contribution in [3.05, 3.63) is 18.2 Å². The number of fused-ring (bicyclic) bond motifs is 1. The molecule has 1 fully saturated rings. The second kappa shape index (κ2) is 6.54. The first-order chi connectivity index (χ1) is 11.1. The van der Waals surface area contributed by atoms with Crippen molar-refractivity contribution < 1.29 is 19.4 Å².